The van der Waals surface area contributed by atoms with Gasteiger partial charge in [0.15, 0.2) is 5.96 Å². The molecule has 0 aromatic heterocycles. The minimum Gasteiger partial charge on any atom is -0.355 e. The van der Waals surface area contributed by atoms with Gasteiger partial charge >= 0.3 is 0 Å². The van der Waals surface area contributed by atoms with Crippen LogP contribution in [0.5, 0.6) is 0 Å². The van der Waals surface area contributed by atoms with Crippen LogP contribution in [0.4, 0.5) is 0 Å². The number of amides is 1. The van der Waals surface area contributed by atoms with E-state index in [0.717, 1.165) is 24.6 Å². The zero-order valence-corrected chi connectivity index (χ0v) is 16.7. The average Bonchev–Trinajstić information content (AvgIpc) is 2.87. The van der Waals surface area contributed by atoms with Gasteiger partial charge in [0, 0.05) is 39.3 Å². The predicted octanol–water partition coefficient (Wildman–Crippen LogP) is 2.47. The molecule has 0 atom stereocenters. The lowest BCUT2D eigenvalue weighted by atomic mass is 9.93. The number of halogens is 1. The van der Waals surface area contributed by atoms with Crippen molar-refractivity contribution in [2.24, 2.45) is 10.4 Å². The van der Waals surface area contributed by atoms with Crippen molar-refractivity contribution >= 4 is 35.8 Å². The number of hydrogen-bond acceptors (Lipinski definition) is 2. The van der Waals surface area contributed by atoms with Crippen LogP contribution in [0.15, 0.2) is 29.3 Å². The second kappa shape index (κ2) is 8.52. The summed E-state index contributed by atoms with van der Waals surface area (Å²) in [4.78, 5) is 18.3. The van der Waals surface area contributed by atoms with Gasteiger partial charge in [0.05, 0.1) is 0 Å². The van der Waals surface area contributed by atoms with Crippen LogP contribution in [0.25, 0.3) is 0 Å². The molecule has 2 N–H and O–H groups in total. The van der Waals surface area contributed by atoms with Crippen molar-refractivity contribution in [2.45, 2.75) is 26.8 Å². The summed E-state index contributed by atoms with van der Waals surface area (Å²) in [5.74, 6) is 0.864. The number of guanidine groups is 1. The maximum atomic E-state index is 11.7. The van der Waals surface area contributed by atoms with Crippen molar-refractivity contribution in [3.05, 3.63) is 35.4 Å². The molecule has 23 heavy (non-hydrogen) atoms. The lowest BCUT2D eigenvalue weighted by Crippen LogP contribution is -2.40. The molecule has 5 nitrogen and oxygen atoms in total. The fourth-order valence-electron chi connectivity index (χ4n) is 2.77. The Hall–Kier alpha value is -1.31. The Kier molecular flexibility index (Phi) is 7.31. The van der Waals surface area contributed by atoms with Crippen LogP contribution in [-0.4, -0.2) is 44.0 Å². The first kappa shape index (κ1) is 19.7. The quantitative estimate of drug-likeness (QED) is 0.440. The molecule has 1 heterocycles. The standard InChI is InChI=1S/C17H26N4O.HI/c1-17(2)8-9-21(12-17)16(19-4)20-11-13-6-5-7-14(10-13)15(22)18-3;/h5-7,10H,8-9,11-12H2,1-4H3,(H,18,22)(H,19,20);1H. The van der Waals surface area contributed by atoms with Gasteiger partial charge in [0.1, 0.15) is 0 Å². The Labute approximate surface area is 156 Å². The second-order valence-electron chi connectivity index (χ2n) is 6.52. The molecular weight excluding hydrogens is 403 g/mol. The van der Waals surface area contributed by atoms with Crippen molar-refractivity contribution in [1.82, 2.24) is 15.5 Å². The number of rotatable bonds is 3. The van der Waals surface area contributed by atoms with E-state index in [2.05, 4.69) is 34.4 Å². The molecule has 128 valence electrons. The molecule has 2 rings (SSSR count). The summed E-state index contributed by atoms with van der Waals surface area (Å²) in [5.41, 5.74) is 2.09. The molecule has 0 aliphatic carbocycles. The van der Waals surface area contributed by atoms with E-state index < -0.39 is 0 Å². The Bertz CT molecular complexity index is 571. The summed E-state index contributed by atoms with van der Waals surface area (Å²) in [6.45, 7) is 7.28. The van der Waals surface area contributed by atoms with Gasteiger partial charge in [-0.3, -0.25) is 9.79 Å². The average molecular weight is 430 g/mol. The van der Waals surface area contributed by atoms with E-state index in [1.807, 2.05) is 31.3 Å². The molecule has 1 aromatic rings. The number of carbonyl (C=O) groups excluding carboxylic acids is 1. The van der Waals surface area contributed by atoms with Crippen LogP contribution in [0.3, 0.4) is 0 Å². The van der Waals surface area contributed by atoms with Gasteiger partial charge < -0.3 is 15.5 Å². The molecule has 0 saturated carbocycles. The Morgan fingerprint density at radius 3 is 2.70 bits per heavy atom. The number of carbonyl (C=O) groups is 1. The first-order valence-corrected chi connectivity index (χ1v) is 7.72. The largest absolute Gasteiger partial charge is 0.355 e. The van der Waals surface area contributed by atoms with Crippen LogP contribution >= 0.6 is 24.0 Å². The SMILES string of the molecule is CN=C(NCc1cccc(C(=O)NC)c1)N1CCC(C)(C)C1.I. The van der Waals surface area contributed by atoms with Gasteiger partial charge in [-0.15, -0.1) is 24.0 Å². The number of aliphatic imine (C=N–C) groups is 1. The van der Waals surface area contributed by atoms with Gasteiger partial charge in [0.25, 0.3) is 5.91 Å². The van der Waals surface area contributed by atoms with Crippen LogP contribution in [0.1, 0.15) is 36.2 Å². The molecule has 1 aliphatic heterocycles. The Morgan fingerprint density at radius 1 is 1.39 bits per heavy atom. The van der Waals surface area contributed by atoms with E-state index in [9.17, 15) is 4.79 Å². The molecule has 0 spiro atoms. The smallest absolute Gasteiger partial charge is 0.251 e. The van der Waals surface area contributed by atoms with E-state index in [0.29, 0.717) is 17.5 Å². The first-order chi connectivity index (χ1) is 10.4. The van der Waals surface area contributed by atoms with Gasteiger partial charge in [-0.05, 0) is 29.5 Å². The molecule has 0 bridgehead atoms. The molecule has 0 unspecified atom stereocenters. The highest BCUT2D eigenvalue weighted by Crippen LogP contribution is 2.28. The highest BCUT2D eigenvalue weighted by Gasteiger charge is 2.30. The predicted molar refractivity (Wildman–Crippen MR) is 105 cm³/mol. The van der Waals surface area contributed by atoms with Crippen LogP contribution in [0, 0.1) is 5.41 Å². The molecule has 1 amide bonds. The number of benzene rings is 1. The molecule has 0 radical (unpaired) electrons. The third-order valence-electron chi connectivity index (χ3n) is 4.06. The molecule has 1 saturated heterocycles. The molecule has 1 aromatic carbocycles. The fraction of sp³-hybridized carbons (Fsp3) is 0.529. The van der Waals surface area contributed by atoms with Crippen LogP contribution in [-0.2, 0) is 6.54 Å². The minimum absolute atomic E-state index is 0. The van der Waals surface area contributed by atoms with E-state index in [4.69, 9.17) is 0 Å². The number of nitrogens with one attached hydrogen (secondary N) is 2. The summed E-state index contributed by atoms with van der Waals surface area (Å²) in [6.07, 6.45) is 1.18. The van der Waals surface area contributed by atoms with E-state index in [1.165, 1.54) is 6.42 Å². The summed E-state index contributed by atoms with van der Waals surface area (Å²) in [5, 5.41) is 6.04. The summed E-state index contributed by atoms with van der Waals surface area (Å²) in [6, 6.07) is 7.65. The van der Waals surface area contributed by atoms with Crippen molar-refractivity contribution in [1.29, 1.82) is 0 Å². The minimum atomic E-state index is -0.0625. The maximum Gasteiger partial charge on any atom is 0.251 e. The van der Waals surface area contributed by atoms with Gasteiger partial charge in [-0.2, -0.15) is 0 Å². The van der Waals surface area contributed by atoms with Crippen molar-refractivity contribution in [2.75, 3.05) is 27.2 Å². The maximum absolute atomic E-state index is 11.7. The lowest BCUT2D eigenvalue weighted by Gasteiger charge is -2.23. The highest BCUT2D eigenvalue weighted by molar-refractivity contribution is 14.0. The number of hydrogen-bond donors (Lipinski definition) is 2. The van der Waals surface area contributed by atoms with Crippen molar-refractivity contribution in [3.63, 3.8) is 0 Å². The number of likely N-dealkylation sites (tertiary alicyclic amines) is 1. The van der Waals surface area contributed by atoms with Crippen molar-refractivity contribution < 1.29 is 4.79 Å². The highest BCUT2D eigenvalue weighted by atomic mass is 127. The van der Waals surface area contributed by atoms with Gasteiger partial charge in [0.2, 0.25) is 0 Å². The lowest BCUT2D eigenvalue weighted by molar-refractivity contribution is 0.0963. The van der Waals surface area contributed by atoms with Gasteiger partial charge in [-0.25, -0.2) is 0 Å². The third-order valence-corrected chi connectivity index (χ3v) is 4.06. The summed E-state index contributed by atoms with van der Waals surface area (Å²) >= 11 is 0. The second-order valence-corrected chi connectivity index (χ2v) is 6.52. The fourth-order valence-corrected chi connectivity index (χ4v) is 2.77. The van der Waals surface area contributed by atoms with Gasteiger partial charge in [-0.1, -0.05) is 26.0 Å². The van der Waals surface area contributed by atoms with E-state index in [1.54, 1.807) is 7.05 Å². The molecule has 6 heteroatoms. The first-order valence-electron chi connectivity index (χ1n) is 7.72. The Balaban J connectivity index is 0.00000264. The third kappa shape index (κ3) is 5.37. The summed E-state index contributed by atoms with van der Waals surface area (Å²) < 4.78 is 0. The molecular formula is C17H27IN4O. The van der Waals surface area contributed by atoms with Crippen LogP contribution < -0.4 is 10.6 Å². The molecule has 1 aliphatic rings. The van der Waals surface area contributed by atoms with Crippen LogP contribution in [0.2, 0.25) is 0 Å². The topological polar surface area (TPSA) is 56.7 Å². The zero-order chi connectivity index (χ0) is 16.2. The number of nitrogens with zero attached hydrogens (tertiary/aromatic N) is 2. The molecule has 1 fully saturated rings. The van der Waals surface area contributed by atoms with E-state index in [-0.39, 0.29) is 29.9 Å². The Morgan fingerprint density at radius 2 is 2.13 bits per heavy atom. The van der Waals surface area contributed by atoms with E-state index >= 15 is 0 Å². The van der Waals surface area contributed by atoms with Crippen molar-refractivity contribution in [3.8, 4) is 0 Å². The summed E-state index contributed by atoms with van der Waals surface area (Å²) in [7, 11) is 3.46. The zero-order valence-electron chi connectivity index (χ0n) is 14.3. The monoisotopic (exact) mass is 430 g/mol. The normalized spacial score (nSPS) is 16.7.